The average molecular weight is 646 g/mol. The Labute approximate surface area is 272 Å². The number of ether oxygens (including phenoxy) is 1. The minimum absolute atomic E-state index is 0.136. The molecule has 47 heavy (non-hydrogen) atoms. The second kappa shape index (κ2) is 12.3. The first-order chi connectivity index (χ1) is 22.8. The van der Waals surface area contributed by atoms with Crippen molar-refractivity contribution in [2.75, 3.05) is 11.9 Å². The lowest BCUT2D eigenvalue weighted by molar-refractivity contribution is 0.140. The highest BCUT2D eigenvalue weighted by atomic mass is 32.2. The zero-order valence-corrected chi connectivity index (χ0v) is 26.3. The molecule has 1 amide bonds. The number of fused-ring (bicyclic) bond motifs is 2. The Morgan fingerprint density at radius 1 is 0.936 bits per heavy atom. The lowest BCUT2D eigenvalue weighted by atomic mass is 10.00. The van der Waals surface area contributed by atoms with Crippen LogP contribution in [0.5, 0.6) is 11.5 Å². The van der Waals surface area contributed by atoms with Crippen molar-refractivity contribution in [2.24, 2.45) is 0 Å². The Morgan fingerprint density at radius 2 is 1.72 bits per heavy atom. The third-order valence-electron chi connectivity index (χ3n) is 8.27. The Balaban J connectivity index is 1.33. The summed E-state index contributed by atoms with van der Waals surface area (Å²) in [4.78, 5) is 22.2. The molecule has 2 N–H and O–H groups in total. The highest BCUT2D eigenvalue weighted by Crippen LogP contribution is 2.40. The fourth-order valence-electron chi connectivity index (χ4n) is 5.78. The molecule has 236 valence electrons. The van der Waals surface area contributed by atoms with E-state index in [1.165, 1.54) is 15.1 Å². The molecule has 10 nitrogen and oxygen atoms in total. The van der Waals surface area contributed by atoms with E-state index in [0.717, 1.165) is 27.8 Å². The number of hydrogen-bond donors (Lipinski definition) is 2. The fraction of sp³-hybridized carbons (Fsp3) is 0.139. The van der Waals surface area contributed by atoms with E-state index in [1.807, 2.05) is 67.6 Å². The van der Waals surface area contributed by atoms with Crippen LogP contribution in [0.15, 0.2) is 114 Å². The molecule has 6 aromatic rings. The average Bonchev–Trinajstić information content (AvgIpc) is 3.50. The molecule has 3 aromatic heterocycles. The van der Waals surface area contributed by atoms with Gasteiger partial charge in [0.15, 0.2) is 5.65 Å². The number of anilines is 1. The predicted octanol–water partition coefficient (Wildman–Crippen LogP) is 7.08. The smallest absolute Gasteiger partial charge is 0.407 e. The van der Waals surface area contributed by atoms with E-state index in [-0.39, 0.29) is 17.1 Å². The summed E-state index contributed by atoms with van der Waals surface area (Å²) in [6.45, 7) is 3.17. The van der Waals surface area contributed by atoms with Gasteiger partial charge in [0.2, 0.25) is 0 Å². The largest absolute Gasteiger partial charge is 0.465 e. The third kappa shape index (κ3) is 6.00. The summed E-state index contributed by atoms with van der Waals surface area (Å²) in [5.41, 5.74) is 5.50. The number of aryl methyl sites for hydroxylation is 1. The highest BCUT2D eigenvalue weighted by Gasteiger charge is 2.26. The van der Waals surface area contributed by atoms with Crippen molar-refractivity contribution in [3.63, 3.8) is 0 Å². The summed E-state index contributed by atoms with van der Waals surface area (Å²) in [6, 6.07) is 27.7. The van der Waals surface area contributed by atoms with Gasteiger partial charge in [-0.25, -0.2) is 27.2 Å². The third-order valence-corrected chi connectivity index (χ3v) is 9.93. The van der Waals surface area contributed by atoms with E-state index >= 15 is 0 Å². The zero-order valence-electron chi connectivity index (χ0n) is 25.5. The van der Waals surface area contributed by atoms with E-state index < -0.39 is 16.1 Å². The summed E-state index contributed by atoms with van der Waals surface area (Å²) >= 11 is 0. The molecule has 0 radical (unpaired) electrons. The number of nitrogens with zero attached hydrogens (tertiary/aromatic N) is 4. The van der Waals surface area contributed by atoms with Gasteiger partial charge >= 0.3 is 6.09 Å². The number of carbonyl (C=O) groups is 1. The Hall–Kier alpha value is -5.68. The number of carboxylic acid groups (broad SMARTS) is 1. The van der Waals surface area contributed by atoms with E-state index in [2.05, 4.69) is 15.3 Å². The number of hydrogen-bond acceptors (Lipinski definition) is 7. The van der Waals surface area contributed by atoms with Gasteiger partial charge in [0.25, 0.3) is 10.0 Å². The van der Waals surface area contributed by atoms with Crippen LogP contribution in [-0.2, 0) is 29.5 Å². The quantitative estimate of drug-likeness (QED) is 0.180. The SMILES string of the molecule is Cc1ccc(S(=O)(=O)n2cc(-c3ccnc(NCc4ccccc4)c3)c3c(Oc4ccc5c(c4)CN(C(=O)O)CC5)ccnc32)cc1. The van der Waals surface area contributed by atoms with E-state index in [4.69, 9.17) is 4.74 Å². The normalized spacial score (nSPS) is 12.9. The molecule has 0 spiro atoms. The van der Waals surface area contributed by atoms with Gasteiger partial charge in [-0.3, -0.25) is 0 Å². The predicted molar refractivity (Wildman–Crippen MR) is 179 cm³/mol. The van der Waals surface area contributed by atoms with Gasteiger partial charge in [-0.05, 0) is 78.1 Å². The van der Waals surface area contributed by atoms with Crippen molar-refractivity contribution < 1.29 is 23.1 Å². The van der Waals surface area contributed by atoms with Crippen LogP contribution in [0.3, 0.4) is 0 Å². The molecule has 0 aliphatic carbocycles. The van der Waals surface area contributed by atoms with Gasteiger partial charge in [0.05, 0.1) is 10.3 Å². The number of pyridine rings is 2. The van der Waals surface area contributed by atoms with Crippen LogP contribution in [0.2, 0.25) is 0 Å². The van der Waals surface area contributed by atoms with Gasteiger partial charge in [0.1, 0.15) is 17.3 Å². The molecule has 0 saturated heterocycles. The number of rotatable bonds is 8. The van der Waals surface area contributed by atoms with Crippen LogP contribution in [0.4, 0.5) is 10.6 Å². The molecule has 1 aliphatic rings. The molecule has 0 unspecified atom stereocenters. The summed E-state index contributed by atoms with van der Waals surface area (Å²) < 4.78 is 35.8. The molecule has 1 aliphatic heterocycles. The summed E-state index contributed by atoms with van der Waals surface area (Å²) in [5, 5.41) is 13.4. The van der Waals surface area contributed by atoms with Gasteiger partial charge < -0.3 is 20.1 Å². The lowest BCUT2D eigenvalue weighted by Gasteiger charge is -2.26. The fourth-order valence-corrected chi connectivity index (χ4v) is 7.10. The minimum atomic E-state index is -4.04. The number of aromatic nitrogens is 3. The zero-order chi connectivity index (χ0) is 32.5. The van der Waals surface area contributed by atoms with Gasteiger partial charge in [-0.1, -0.05) is 54.1 Å². The Morgan fingerprint density at radius 3 is 2.51 bits per heavy atom. The van der Waals surface area contributed by atoms with Crippen LogP contribution < -0.4 is 10.1 Å². The lowest BCUT2D eigenvalue weighted by Crippen LogP contribution is -2.34. The van der Waals surface area contributed by atoms with Crippen LogP contribution in [0.25, 0.3) is 22.2 Å². The van der Waals surface area contributed by atoms with Crippen molar-refractivity contribution in [3.05, 3.63) is 132 Å². The molecule has 4 heterocycles. The molecule has 11 heteroatoms. The topological polar surface area (TPSA) is 127 Å². The van der Waals surface area contributed by atoms with Crippen LogP contribution in [-0.4, -0.2) is 45.0 Å². The maximum atomic E-state index is 14.1. The van der Waals surface area contributed by atoms with E-state index in [9.17, 15) is 18.3 Å². The molecular weight excluding hydrogens is 614 g/mol. The molecule has 7 rings (SSSR count). The molecule has 3 aromatic carbocycles. The second-order valence-electron chi connectivity index (χ2n) is 11.4. The Kier molecular flexibility index (Phi) is 7.82. The van der Waals surface area contributed by atoms with Crippen molar-refractivity contribution in [1.82, 2.24) is 18.8 Å². The monoisotopic (exact) mass is 645 g/mol. The standard InChI is InChI=1S/C36H31N5O5S/c1-24-7-11-30(12-8-24)47(44,45)41-23-31(27-13-16-37-33(20-27)39-21-25-5-3-2-4-6-25)34-32(14-17-38-35(34)41)46-29-10-9-26-15-18-40(36(42)43)22-28(26)19-29/h2-14,16-17,19-20,23H,15,18,21-22H2,1H3,(H,37,39)(H,42,43). The van der Waals surface area contributed by atoms with Crippen LogP contribution in [0.1, 0.15) is 22.3 Å². The van der Waals surface area contributed by atoms with Crippen molar-refractivity contribution in [1.29, 1.82) is 0 Å². The molecule has 0 fully saturated rings. The van der Waals surface area contributed by atoms with Gasteiger partial charge in [-0.2, -0.15) is 0 Å². The maximum Gasteiger partial charge on any atom is 0.407 e. The summed E-state index contributed by atoms with van der Waals surface area (Å²) in [5.74, 6) is 1.53. The highest BCUT2D eigenvalue weighted by molar-refractivity contribution is 7.90. The van der Waals surface area contributed by atoms with Crippen molar-refractivity contribution in [3.8, 4) is 22.6 Å². The van der Waals surface area contributed by atoms with Crippen LogP contribution in [0, 0.1) is 6.92 Å². The van der Waals surface area contributed by atoms with E-state index in [1.54, 1.807) is 42.7 Å². The molecule has 0 atom stereocenters. The van der Waals surface area contributed by atoms with E-state index in [0.29, 0.717) is 47.8 Å². The maximum absolute atomic E-state index is 14.1. The molecular formula is C36H31N5O5S. The molecule has 0 saturated carbocycles. The van der Waals surface area contributed by atoms with Gasteiger partial charge in [0, 0.05) is 43.8 Å². The van der Waals surface area contributed by atoms with Gasteiger partial charge in [-0.15, -0.1) is 0 Å². The number of benzene rings is 3. The second-order valence-corrected chi connectivity index (χ2v) is 13.2. The van der Waals surface area contributed by atoms with Crippen LogP contribution >= 0.6 is 0 Å². The minimum Gasteiger partial charge on any atom is -0.465 e. The first-order valence-corrected chi connectivity index (χ1v) is 16.5. The van der Waals surface area contributed by atoms with Crippen molar-refractivity contribution >= 4 is 33.0 Å². The Bertz CT molecular complexity index is 2220. The first-order valence-electron chi connectivity index (χ1n) is 15.1. The number of nitrogens with one attached hydrogen (secondary N) is 1. The number of amides is 1. The summed E-state index contributed by atoms with van der Waals surface area (Å²) in [6.07, 6.45) is 4.43. The summed E-state index contributed by atoms with van der Waals surface area (Å²) in [7, 11) is -4.04. The molecule has 0 bridgehead atoms. The first kappa shape index (κ1) is 30.0. The van der Waals surface area contributed by atoms with Crippen molar-refractivity contribution in [2.45, 2.75) is 31.3 Å².